The predicted molar refractivity (Wildman–Crippen MR) is 101 cm³/mol. The minimum atomic E-state index is -4.30. The van der Waals surface area contributed by atoms with Gasteiger partial charge in [0.25, 0.3) is 0 Å². The summed E-state index contributed by atoms with van der Waals surface area (Å²) in [6.07, 6.45) is -0.293. The summed E-state index contributed by atoms with van der Waals surface area (Å²) >= 11 is 0. The van der Waals surface area contributed by atoms with E-state index >= 15 is 0 Å². The van der Waals surface area contributed by atoms with Gasteiger partial charge in [-0.15, -0.1) is 0 Å². The Hall–Kier alpha value is -2.86. The van der Waals surface area contributed by atoms with Crippen molar-refractivity contribution in [2.45, 2.75) is 19.1 Å². The lowest BCUT2D eigenvalue weighted by atomic mass is 10.1. The smallest absolute Gasteiger partial charge is 0.354 e. The second-order valence-electron chi connectivity index (χ2n) is 6.19. The molecule has 2 aromatic carbocycles. The fraction of sp³-hybridized carbons (Fsp3) is 0.190. The van der Waals surface area contributed by atoms with Gasteiger partial charge >= 0.3 is 6.18 Å². The zero-order valence-corrected chi connectivity index (χ0v) is 14.6. The van der Waals surface area contributed by atoms with Gasteiger partial charge in [0.15, 0.2) is 0 Å². The third-order valence-electron chi connectivity index (χ3n) is 4.05. The maximum absolute atomic E-state index is 12.7. The molecule has 1 aromatic heterocycles. The molecular weight excluding hydrogens is 351 g/mol. The molecule has 3 rings (SSSR count). The van der Waals surface area contributed by atoms with Crippen molar-refractivity contribution in [1.29, 1.82) is 0 Å². The van der Waals surface area contributed by atoms with E-state index in [1.165, 1.54) is 12.1 Å². The van der Waals surface area contributed by atoms with Gasteiger partial charge in [-0.1, -0.05) is 30.3 Å². The summed E-state index contributed by atoms with van der Waals surface area (Å²) in [5.74, 6) is 0. The molecule has 6 heteroatoms. The Morgan fingerprint density at radius 3 is 2.41 bits per heavy atom. The number of benzene rings is 2. The van der Waals surface area contributed by atoms with E-state index in [1.807, 2.05) is 36.4 Å². The van der Waals surface area contributed by atoms with Gasteiger partial charge in [-0.2, -0.15) is 13.2 Å². The van der Waals surface area contributed by atoms with Gasteiger partial charge < -0.3 is 10.6 Å². The molecule has 0 bridgehead atoms. The van der Waals surface area contributed by atoms with Crippen LogP contribution in [0.1, 0.15) is 16.7 Å². The third kappa shape index (κ3) is 5.82. The molecule has 0 fully saturated rings. The Morgan fingerprint density at radius 1 is 0.852 bits per heavy atom. The normalized spacial score (nSPS) is 11.4. The van der Waals surface area contributed by atoms with E-state index < -0.39 is 11.7 Å². The van der Waals surface area contributed by atoms with Crippen LogP contribution in [0.25, 0.3) is 0 Å². The molecule has 140 valence electrons. The summed E-state index contributed by atoms with van der Waals surface area (Å²) in [4.78, 5) is 4.07. The van der Waals surface area contributed by atoms with Crippen LogP contribution < -0.4 is 10.6 Å². The lowest BCUT2D eigenvalue weighted by Gasteiger charge is -2.10. The molecule has 3 nitrogen and oxygen atoms in total. The SMILES string of the molecule is FC(F)(F)c1cccc(CCNCc2cccc(Nc3cccnc3)c2)c1. The topological polar surface area (TPSA) is 37.0 Å². The molecular formula is C21H20F3N3. The second-order valence-corrected chi connectivity index (χ2v) is 6.19. The van der Waals surface area contributed by atoms with Crippen molar-refractivity contribution in [3.05, 3.63) is 89.7 Å². The standard InChI is InChI=1S/C21H20F3N3/c22-21(23,24)18-6-1-4-16(12-18)9-11-26-14-17-5-2-7-19(13-17)27-20-8-3-10-25-15-20/h1-8,10,12-13,15,26-27H,9,11,14H2. The Morgan fingerprint density at radius 2 is 1.63 bits per heavy atom. The molecule has 0 unspecified atom stereocenters. The predicted octanol–water partition coefficient (Wildman–Crippen LogP) is 5.18. The second kappa shape index (κ2) is 8.68. The van der Waals surface area contributed by atoms with E-state index in [0.29, 0.717) is 25.1 Å². The monoisotopic (exact) mass is 371 g/mol. The van der Waals surface area contributed by atoms with Crippen LogP contribution in [0.3, 0.4) is 0 Å². The maximum atomic E-state index is 12.7. The van der Waals surface area contributed by atoms with Crippen molar-refractivity contribution in [3.8, 4) is 0 Å². The summed E-state index contributed by atoms with van der Waals surface area (Å²) in [6.45, 7) is 1.24. The number of rotatable bonds is 7. The molecule has 0 aliphatic rings. The average molecular weight is 371 g/mol. The van der Waals surface area contributed by atoms with Gasteiger partial charge in [0.05, 0.1) is 17.4 Å². The number of hydrogen-bond acceptors (Lipinski definition) is 3. The van der Waals surface area contributed by atoms with Crippen LogP contribution >= 0.6 is 0 Å². The molecule has 0 radical (unpaired) electrons. The maximum Gasteiger partial charge on any atom is 0.416 e. The molecule has 1 heterocycles. The van der Waals surface area contributed by atoms with E-state index in [0.717, 1.165) is 23.0 Å². The minimum absolute atomic E-state index is 0.539. The third-order valence-corrected chi connectivity index (χ3v) is 4.05. The first-order valence-electron chi connectivity index (χ1n) is 8.63. The molecule has 0 atom stereocenters. The summed E-state index contributed by atoms with van der Waals surface area (Å²) in [5.41, 5.74) is 3.03. The molecule has 3 aromatic rings. The van der Waals surface area contributed by atoms with E-state index in [2.05, 4.69) is 15.6 Å². The van der Waals surface area contributed by atoms with E-state index in [-0.39, 0.29) is 0 Å². The zero-order valence-electron chi connectivity index (χ0n) is 14.6. The van der Waals surface area contributed by atoms with E-state index in [1.54, 1.807) is 18.5 Å². The molecule has 0 spiro atoms. The molecule has 27 heavy (non-hydrogen) atoms. The Balaban J connectivity index is 1.50. The van der Waals surface area contributed by atoms with Crippen molar-refractivity contribution in [1.82, 2.24) is 10.3 Å². The lowest BCUT2D eigenvalue weighted by Crippen LogP contribution is -2.17. The fourth-order valence-electron chi connectivity index (χ4n) is 2.73. The van der Waals surface area contributed by atoms with Crippen LogP contribution in [0.5, 0.6) is 0 Å². The minimum Gasteiger partial charge on any atom is -0.354 e. The van der Waals surface area contributed by atoms with Crippen molar-refractivity contribution in [2.75, 3.05) is 11.9 Å². The first-order chi connectivity index (χ1) is 13.0. The molecule has 0 aliphatic heterocycles. The van der Waals surface area contributed by atoms with Crippen LogP contribution in [0.4, 0.5) is 24.5 Å². The number of halogens is 3. The molecule has 0 saturated carbocycles. The first kappa shape index (κ1) is 18.9. The molecule has 0 amide bonds. The van der Waals surface area contributed by atoms with Crippen molar-refractivity contribution < 1.29 is 13.2 Å². The van der Waals surface area contributed by atoms with E-state index in [9.17, 15) is 13.2 Å². The highest BCUT2D eigenvalue weighted by Gasteiger charge is 2.30. The van der Waals surface area contributed by atoms with Crippen LogP contribution in [-0.4, -0.2) is 11.5 Å². The number of pyridine rings is 1. The summed E-state index contributed by atoms with van der Waals surface area (Å²) in [6, 6.07) is 17.2. The van der Waals surface area contributed by atoms with Gasteiger partial charge in [-0.3, -0.25) is 4.98 Å². The summed E-state index contributed by atoms with van der Waals surface area (Å²) < 4.78 is 38.2. The van der Waals surface area contributed by atoms with Gasteiger partial charge in [0, 0.05) is 18.4 Å². The van der Waals surface area contributed by atoms with Crippen molar-refractivity contribution >= 4 is 11.4 Å². The largest absolute Gasteiger partial charge is 0.416 e. The van der Waals surface area contributed by atoms with Crippen LogP contribution in [0, 0.1) is 0 Å². The Kier molecular flexibility index (Phi) is 6.08. The zero-order chi connectivity index (χ0) is 19.1. The van der Waals surface area contributed by atoms with Gasteiger partial charge in [0.1, 0.15) is 0 Å². The fourth-order valence-corrected chi connectivity index (χ4v) is 2.73. The van der Waals surface area contributed by atoms with Gasteiger partial charge in [0.2, 0.25) is 0 Å². The first-order valence-corrected chi connectivity index (χ1v) is 8.63. The average Bonchev–Trinajstić information content (AvgIpc) is 2.66. The van der Waals surface area contributed by atoms with Gasteiger partial charge in [-0.25, -0.2) is 0 Å². The summed E-state index contributed by atoms with van der Waals surface area (Å²) in [7, 11) is 0. The number of anilines is 2. The highest BCUT2D eigenvalue weighted by Crippen LogP contribution is 2.29. The summed E-state index contributed by atoms with van der Waals surface area (Å²) in [5, 5.41) is 6.56. The number of hydrogen-bond donors (Lipinski definition) is 2. The Labute approximate surface area is 156 Å². The van der Waals surface area contributed by atoms with Crippen molar-refractivity contribution in [3.63, 3.8) is 0 Å². The van der Waals surface area contributed by atoms with E-state index in [4.69, 9.17) is 0 Å². The van der Waals surface area contributed by atoms with Crippen molar-refractivity contribution in [2.24, 2.45) is 0 Å². The lowest BCUT2D eigenvalue weighted by molar-refractivity contribution is -0.137. The van der Waals surface area contributed by atoms with Crippen LogP contribution in [-0.2, 0) is 19.1 Å². The number of aromatic nitrogens is 1. The number of alkyl halides is 3. The highest BCUT2D eigenvalue weighted by atomic mass is 19.4. The molecule has 2 N–H and O–H groups in total. The van der Waals surface area contributed by atoms with Crippen LogP contribution in [0.2, 0.25) is 0 Å². The quantitative estimate of drug-likeness (QED) is 0.562. The number of nitrogens with zero attached hydrogens (tertiary/aromatic N) is 1. The van der Waals surface area contributed by atoms with Gasteiger partial charge in [-0.05, 0) is 54.4 Å². The number of nitrogens with one attached hydrogen (secondary N) is 2. The molecule has 0 aliphatic carbocycles. The molecule has 0 saturated heterocycles. The highest BCUT2D eigenvalue weighted by molar-refractivity contribution is 5.59. The Bertz CT molecular complexity index is 864. The van der Waals surface area contributed by atoms with Crippen LogP contribution in [0.15, 0.2) is 73.1 Å².